The van der Waals surface area contributed by atoms with E-state index in [0.717, 1.165) is 37.2 Å². The molecular formula is C13H25N3OS. The molecule has 0 aromatic heterocycles. The fourth-order valence-corrected chi connectivity index (χ4v) is 3.61. The Hall–Kier alpha value is -0.260. The van der Waals surface area contributed by atoms with E-state index in [4.69, 9.17) is 0 Å². The first kappa shape index (κ1) is 14.2. The first-order valence-electron chi connectivity index (χ1n) is 7.10. The first-order chi connectivity index (χ1) is 8.77. The molecule has 2 fully saturated rings. The quantitative estimate of drug-likeness (QED) is 0.733. The van der Waals surface area contributed by atoms with Crippen molar-refractivity contribution in [2.75, 3.05) is 31.3 Å². The number of likely N-dealkylation sites (tertiary alicyclic amines) is 1. The number of amides is 1. The summed E-state index contributed by atoms with van der Waals surface area (Å²) in [7, 11) is 0. The minimum atomic E-state index is 0.0314. The van der Waals surface area contributed by atoms with Crippen molar-refractivity contribution in [1.29, 1.82) is 0 Å². The molecule has 2 heterocycles. The van der Waals surface area contributed by atoms with E-state index in [0.29, 0.717) is 0 Å². The second-order valence-electron chi connectivity index (χ2n) is 5.30. The van der Waals surface area contributed by atoms with E-state index in [9.17, 15) is 4.79 Å². The maximum absolute atomic E-state index is 11.8. The monoisotopic (exact) mass is 271 g/mol. The number of thioether (sulfide) groups is 1. The van der Waals surface area contributed by atoms with Gasteiger partial charge in [0.05, 0.1) is 6.04 Å². The van der Waals surface area contributed by atoms with Crippen LogP contribution in [-0.2, 0) is 4.79 Å². The van der Waals surface area contributed by atoms with Crippen LogP contribution in [0.4, 0.5) is 0 Å². The lowest BCUT2D eigenvalue weighted by molar-refractivity contribution is -0.122. The van der Waals surface area contributed by atoms with Gasteiger partial charge in [0.1, 0.15) is 0 Å². The maximum atomic E-state index is 11.8. The lowest BCUT2D eigenvalue weighted by Crippen LogP contribution is -2.43. The highest BCUT2D eigenvalue weighted by molar-refractivity contribution is 7.99. The zero-order valence-electron chi connectivity index (χ0n) is 11.3. The Labute approximate surface area is 114 Å². The SMILES string of the molecule is CC1CCCCN1CCCNC(=O)C1CSCN1. The average Bonchev–Trinajstić information content (AvgIpc) is 2.90. The summed E-state index contributed by atoms with van der Waals surface area (Å²) in [6, 6.07) is 0.756. The molecule has 18 heavy (non-hydrogen) atoms. The van der Waals surface area contributed by atoms with Crippen molar-refractivity contribution in [1.82, 2.24) is 15.5 Å². The molecule has 2 aliphatic rings. The molecule has 0 spiro atoms. The summed E-state index contributed by atoms with van der Waals surface area (Å²) in [5.41, 5.74) is 0. The Morgan fingerprint density at radius 2 is 2.39 bits per heavy atom. The molecule has 2 aliphatic heterocycles. The summed E-state index contributed by atoms with van der Waals surface area (Å²) in [5, 5.41) is 6.23. The highest BCUT2D eigenvalue weighted by atomic mass is 32.2. The summed E-state index contributed by atoms with van der Waals surface area (Å²) in [5.74, 6) is 1.99. The van der Waals surface area contributed by atoms with E-state index in [1.165, 1.54) is 25.8 Å². The number of hydrogen-bond acceptors (Lipinski definition) is 4. The van der Waals surface area contributed by atoms with E-state index in [1.54, 1.807) is 11.8 Å². The van der Waals surface area contributed by atoms with E-state index < -0.39 is 0 Å². The second kappa shape index (κ2) is 7.36. The van der Waals surface area contributed by atoms with Crippen molar-refractivity contribution in [3.05, 3.63) is 0 Å². The number of carbonyl (C=O) groups excluding carboxylic acids is 1. The Bertz CT molecular complexity index is 269. The van der Waals surface area contributed by atoms with Crippen LogP contribution in [0.3, 0.4) is 0 Å². The van der Waals surface area contributed by atoms with Crippen molar-refractivity contribution >= 4 is 17.7 Å². The van der Waals surface area contributed by atoms with Gasteiger partial charge in [0.2, 0.25) is 5.91 Å². The second-order valence-corrected chi connectivity index (χ2v) is 6.33. The van der Waals surface area contributed by atoms with E-state index in [1.807, 2.05) is 0 Å². The average molecular weight is 271 g/mol. The molecule has 5 heteroatoms. The van der Waals surface area contributed by atoms with Gasteiger partial charge in [-0.2, -0.15) is 0 Å². The van der Waals surface area contributed by atoms with Crippen LogP contribution in [0.1, 0.15) is 32.6 Å². The molecular weight excluding hydrogens is 246 g/mol. The van der Waals surface area contributed by atoms with E-state index in [-0.39, 0.29) is 11.9 Å². The first-order valence-corrected chi connectivity index (χ1v) is 8.26. The van der Waals surface area contributed by atoms with Crippen LogP contribution in [-0.4, -0.2) is 54.2 Å². The summed E-state index contributed by atoms with van der Waals surface area (Å²) in [6.07, 6.45) is 5.10. The maximum Gasteiger partial charge on any atom is 0.238 e. The molecule has 2 saturated heterocycles. The van der Waals surface area contributed by atoms with Crippen LogP contribution in [0.15, 0.2) is 0 Å². The van der Waals surface area contributed by atoms with E-state index >= 15 is 0 Å². The predicted molar refractivity (Wildman–Crippen MR) is 76.8 cm³/mol. The Morgan fingerprint density at radius 3 is 3.11 bits per heavy atom. The van der Waals surface area contributed by atoms with Crippen LogP contribution in [0.25, 0.3) is 0 Å². The van der Waals surface area contributed by atoms with Gasteiger partial charge in [-0.3, -0.25) is 10.1 Å². The van der Waals surface area contributed by atoms with Crippen molar-refractivity contribution in [3.63, 3.8) is 0 Å². The number of nitrogens with one attached hydrogen (secondary N) is 2. The zero-order chi connectivity index (χ0) is 12.8. The van der Waals surface area contributed by atoms with Crippen LogP contribution in [0.5, 0.6) is 0 Å². The number of nitrogens with zero attached hydrogens (tertiary/aromatic N) is 1. The predicted octanol–water partition coefficient (Wildman–Crippen LogP) is 1.03. The van der Waals surface area contributed by atoms with Crippen molar-refractivity contribution in [3.8, 4) is 0 Å². The Kier molecular flexibility index (Phi) is 5.79. The third kappa shape index (κ3) is 4.14. The van der Waals surface area contributed by atoms with Gasteiger partial charge < -0.3 is 10.2 Å². The molecule has 2 unspecified atom stereocenters. The zero-order valence-corrected chi connectivity index (χ0v) is 12.1. The third-order valence-corrected chi connectivity index (χ3v) is 4.83. The molecule has 0 bridgehead atoms. The smallest absolute Gasteiger partial charge is 0.238 e. The van der Waals surface area contributed by atoms with Crippen LogP contribution in [0.2, 0.25) is 0 Å². The number of rotatable bonds is 5. The Balaban J connectivity index is 1.56. The summed E-state index contributed by atoms with van der Waals surface area (Å²) >= 11 is 1.79. The summed E-state index contributed by atoms with van der Waals surface area (Å²) in [4.78, 5) is 14.3. The van der Waals surface area contributed by atoms with Crippen LogP contribution >= 0.6 is 11.8 Å². The van der Waals surface area contributed by atoms with Gasteiger partial charge in [-0.05, 0) is 32.7 Å². The van der Waals surface area contributed by atoms with Crippen LogP contribution in [0, 0.1) is 0 Å². The standard InChI is InChI=1S/C13H25N3OS/c1-11-5-2-3-7-16(11)8-4-6-14-13(17)12-9-18-10-15-12/h11-12,15H,2-10H2,1H3,(H,14,17). The molecule has 0 aromatic rings. The van der Waals surface area contributed by atoms with Crippen LogP contribution < -0.4 is 10.6 Å². The molecule has 2 rings (SSSR count). The highest BCUT2D eigenvalue weighted by Crippen LogP contribution is 2.16. The normalized spacial score (nSPS) is 29.4. The Morgan fingerprint density at radius 1 is 1.50 bits per heavy atom. The number of hydrogen-bond donors (Lipinski definition) is 2. The van der Waals surface area contributed by atoms with Gasteiger partial charge in [-0.15, -0.1) is 11.8 Å². The fraction of sp³-hybridized carbons (Fsp3) is 0.923. The molecule has 2 N–H and O–H groups in total. The number of carbonyl (C=O) groups is 1. The minimum Gasteiger partial charge on any atom is -0.355 e. The lowest BCUT2D eigenvalue weighted by atomic mass is 10.0. The van der Waals surface area contributed by atoms with Gasteiger partial charge in [-0.1, -0.05) is 6.42 Å². The van der Waals surface area contributed by atoms with Crippen molar-refractivity contribution < 1.29 is 4.79 Å². The van der Waals surface area contributed by atoms with Gasteiger partial charge in [0.25, 0.3) is 0 Å². The van der Waals surface area contributed by atoms with Gasteiger partial charge >= 0.3 is 0 Å². The van der Waals surface area contributed by atoms with Gasteiger partial charge in [0, 0.05) is 30.8 Å². The highest BCUT2D eigenvalue weighted by Gasteiger charge is 2.22. The molecule has 0 saturated carbocycles. The molecule has 0 aromatic carbocycles. The molecule has 0 aliphatic carbocycles. The largest absolute Gasteiger partial charge is 0.355 e. The summed E-state index contributed by atoms with van der Waals surface area (Å²) in [6.45, 7) is 5.48. The third-order valence-electron chi connectivity index (χ3n) is 3.89. The molecule has 104 valence electrons. The fourth-order valence-electron chi connectivity index (χ4n) is 2.67. The van der Waals surface area contributed by atoms with E-state index in [2.05, 4.69) is 22.5 Å². The van der Waals surface area contributed by atoms with Gasteiger partial charge in [0.15, 0.2) is 0 Å². The molecule has 0 radical (unpaired) electrons. The molecule has 2 atom stereocenters. The van der Waals surface area contributed by atoms with Crippen molar-refractivity contribution in [2.45, 2.75) is 44.7 Å². The van der Waals surface area contributed by atoms with Crippen molar-refractivity contribution in [2.24, 2.45) is 0 Å². The summed E-state index contributed by atoms with van der Waals surface area (Å²) < 4.78 is 0. The topological polar surface area (TPSA) is 44.4 Å². The number of piperidine rings is 1. The molecule has 4 nitrogen and oxygen atoms in total. The molecule has 1 amide bonds. The van der Waals surface area contributed by atoms with Gasteiger partial charge in [-0.25, -0.2) is 0 Å². The minimum absolute atomic E-state index is 0.0314. The lowest BCUT2D eigenvalue weighted by Gasteiger charge is -2.33.